The Morgan fingerprint density at radius 2 is 2.26 bits per heavy atom. The lowest BCUT2D eigenvalue weighted by molar-refractivity contribution is -0.147. The minimum absolute atomic E-state index is 0.00523. The quantitative estimate of drug-likeness (QED) is 0.688. The molecule has 0 unspecified atom stereocenters. The monoisotopic (exact) mass is 315 g/mol. The van der Waals surface area contributed by atoms with Crippen LogP contribution in [0.3, 0.4) is 0 Å². The SMILES string of the molecule is CC(=O)OCOc1ccc2c(c1)[C@]13CCCC[C@@H]1[C@H](C2)NCC3. The third-order valence-corrected chi connectivity index (χ3v) is 6.11. The molecule has 2 bridgehead atoms. The number of rotatable bonds is 3. The fourth-order valence-corrected chi connectivity index (χ4v) is 5.17. The van der Waals surface area contributed by atoms with E-state index in [0.717, 1.165) is 24.6 Å². The van der Waals surface area contributed by atoms with Crippen LogP contribution in [0.1, 0.15) is 50.2 Å². The van der Waals surface area contributed by atoms with Gasteiger partial charge in [-0.25, -0.2) is 0 Å². The Balaban J connectivity index is 1.65. The van der Waals surface area contributed by atoms with Crippen LogP contribution in [-0.4, -0.2) is 25.3 Å². The van der Waals surface area contributed by atoms with Gasteiger partial charge in [-0.05, 0) is 61.4 Å². The molecule has 23 heavy (non-hydrogen) atoms. The van der Waals surface area contributed by atoms with Crippen molar-refractivity contribution in [3.8, 4) is 5.75 Å². The molecule has 1 saturated heterocycles. The van der Waals surface area contributed by atoms with E-state index in [1.54, 1.807) is 0 Å². The maximum Gasteiger partial charge on any atom is 0.305 e. The van der Waals surface area contributed by atoms with Crippen LogP contribution >= 0.6 is 0 Å². The van der Waals surface area contributed by atoms with Crippen molar-refractivity contribution >= 4 is 5.97 Å². The minimum atomic E-state index is -0.310. The van der Waals surface area contributed by atoms with Crippen molar-refractivity contribution in [1.29, 1.82) is 0 Å². The van der Waals surface area contributed by atoms with Gasteiger partial charge in [0, 0.05) is 18.4 Å². The number of nitrogens with one attached hydrogen (secondary N) is 1. The number of carbonyl (C=O) groups excluding carboxylic acids is 1. The van der Waals surface area contributed by atoms with Gasteiger partial charge in [0.15, 0.2) is 0 Å². The third kappa shape index (κ3) is 2.53. The first-order valence-electron chi connectivity index (χ1n) is 8.82. The normalized spacial score (nSPS) is 31.7. The minimum Gasteiger partial charge on any atom is -0.457 e. The van der Waals surface area contributed by atoms with Gasteiger partial charge in [0.25, 0.3) is 0 Å². The number of carbonyl (C=O) groups is 1. The zero-order valence-electron chi connectivity index (χ0n) is 13.8. The lowest BCUT2D eigenvalue weighted by Gasteiger charge is -2.56. The van der Waals surface area contributed by atoms with E-state index in [1.165, 1.54) is 50.2 Å². The number of piperidine rings is 1. The Morgan fingerprint density at radius 1 is 1.35 bits per heavy atom. The van der Waals surface area contributed by atoms with Gasteiger partial charge in [0.2, 0.25) is 6.79 Å². The molecule has 1 aliphatic heterocycles. The summed E-state index contributed by atoms with van der Waals surface area (Å²) in [5.41, 5.74) is 3.31. The maximum atomic E-state index is 10.9. The average Bonchev–Trinajstić information content (AvgIpc) is 2.55. The van der Waals surface area contributed by atoms with Crippen LogP contribution in [0.2, 0.25) is 0 Å². The number of ether oxygens (including phenoxy) is 2. The highest BCUT2D eigenvalue weighted by molar-refractivity contribution is 5.65. The Morgan fingerprint density at radius 3 is 3.13 bits per heavy atom. The molecular formula is C19H25NO3. The average molecular weight is 315 g/mol. The van der Waals surface area contributed by atoms with Crippen molar-refractivity contribution in [3.05, 3.63) is 29.3 Å². The summed E-state index contributed by atoms with van der Waals surface area (Å²) in [4.78, 5) is 10.9. The van der Waals surface area contributed by atoms with E-state index in [9.17, 15) is 4.79 Å². The first-order chi connectivity index (χ1) is 11.2. The van der Waals surface area contributed by atoms with Gasteiger partial charge in [-0.3, -0.25) is 4.79 Å². The van der Waals surface area contributed by atoms with Gasteiger partial charge >= 0.3 is 5.97 Å². The van der Waals surface area contributed by atoms with Gasteiger partial charge < -0.3 is 14.8 Å². The first kappa shape index (κ1) is 15.0. The van der Waals surface area contributed by atoms with E-state index >= 15 is 0 Å². The molecule has 1 aromatic carbocycles. The molecule has 2 fully saturated rings. The highest BCUT2D eigenvalue weighted by Crippen LogP contribution is 2.54. The smallest absolute Gasteiger partial charge is 0.305 e. The Kier molecular flexibility index (Phi) is 3.80. The molecule has 1 heterocycles. The molecule has 0 aromatic heterocycles. The summed E-state index contributed by atoms with van der Waals surface area (Å²) in [5, 5.41) is 3.76. The topological polar surface area (TPSA) is 47.6 Å². The van der Waals surface area contributed by atoms with E-state index in [1.807, 2.05) is 6.07 Å². The fraction of sp³-hybridized carbons (Fsp3) is 0.632. The van der Waals surface area contributed by atoms with Crippen LogP contribution in [0.25, 0.3) is 0 Å². The van der Waals surface area contributed by atoms with Gasteiger partial charge in [-0.15, -0.1) is 0 Å². The Bertz CT molecular complexity index is 611. The van der Waals surface area contributed by atoms with Crippen LogP contribution in [0, 0.1) is 5.92 Å². The number of benzene rings is 1. The second kappa shape index (κ2) is 5.82. The second-order valence-corrected chi connectivity index (χ2v) is 7.24. The summed E-state index contributed by atoms with van der Waals surface area (Å²) in [5.74, 6) is 1.27. The Hall–Kier alpha value is -1.55. The third-order valence-electron chi connectivity index (χ3n) is 6.11. The largest absolute Gasteiger partial charge is 0.457 e. The van der Waals surface area contributed by atoms with E-state index < -0.39 is 0 Å². The van der Waals surface area contributed by atoms with E-state index in [0.29, 0.717) is 11.5 Å². The molecule has 0 radical (unpaired) electrons. The molecule has 124 valence electrons. The highest BCUT2D eigenvalue weighted by Gasteiger charge is 2.51. The van der Waals surface area contributed by atoms with Gasteiger partial charge in [-0.1, -0.05) is 18.9 Å². The lowest BCUT2D eigenvalue weighted by atomic mass is 9.53. The molecule has 4 rings (SSSR count). The van der Waals surface area contributed by atoms with Gasteiger partial charge in [0.05, 0.1) is 0 Å². The summed E-state index contributed by atoms with van der Waals surface area (Å²) in [6, 6.07) is 7.09. The standard InChI is InChI=1S/C19H25NO3/c1-13(21)22-12-23-15-6-5-14-10-18-16-4-2-3-7-19(16,8-9-20-18)17(14)11-15/h5-6,11,16,18,20H,2-4,7-10,12H2,1H3/t16-,18+,19+/m1/s1. The fourth-order valence-electron chi connectivity index (χ4n) is 5.17. The Labute approximate surface area is 137 Å². The molecule has 1 saturated carbocycles. The van der Waals surface area contributed by atoms with Gasteiger partial charge in [0.1, 0.15) is 5.75 Å². The second-order valence-electron chi connectivity index (χ2n) is 7.24. The summed E-state index contributed by atoms with van der Waals surface area (Å²) in [6.45, 7) is 2.52. The molecule has 0 spiro atoms. The molecule has 3 aliphatic rings. The molecule has 2 aliphatic carbocycles. The first-order valence-corrected chi connectivity index (χ1v) is 8.82. The van der Waals surface area contributed by atoms with Crippen molar-refractivity contribution in [2.24, 2.45) is 5.92 Å². The van der Waals surface area contributed by atoms with Crippen molar-refractivity contribution < 1.29 is 14.3 Å². The molecule has 0 amide bonds. The molecular weight excluding hydrogens is 290 g/mol. The zero-order valence-corrected chi connectivity index (χ0v) is 13.8. The van der Waals surface area contributed by atoms with Crippen LogP contribution in [0.4, 0.5) is 0 Å². The van der Waals surface area contributed by atoms with E-state index in [2.05, 4.69) is 17.4 Å². The molecule has 1 N–H and O–H groups in total. The van der Waals surface area contributed by atoms with Crippen molar-refractivity contribution in [3.63, 3.8) is 0 Å². The number of hydrogen-bond acceptors (Lipinski definition) is 4. The molecule has 1 aromatic rings. The van der Waals surface area contributed by atoms with Crippen LogP contribution in [0.15, 0.2) is 18.2 Å². The molecule has 4 nitrogen and oxygen atoms in total. The lowest BCUT2D eigenvalue weighted by Crippen LogP contribution is -2.59. The zero-order chi connectivity index (χ0) is 15.9. The molecule has 4 heteroatoms. The summed E-state index contributed by atoms with van der Waals surface area (Å²) >= 11 is 0. The summed E-state index contributed by atoms with van der Waals surface area (Å²) in [6.07, 6.45) is 7.70. The predicted molar refractivity (Wildman–Crippen MR) is 87.5 cm³/mol. The predicted octanol–water partition coefficient (Wildman–Crippen LogP) is 2.93. The summed E-state index contributed by atoms with van der Waals surface area (Å²) in [7, 11) is 0. The van der Waals surface area contributed by atoms with Crippen LogP contribution < -0.4 is 10.1 Å². The number of fused-ring (bicyclic) bond motifs is 1. The van der Waals surface area contributed by atoms with Crippen molar-refractivity contribution in [1.82, 2.24) is 5.32 Å². The van der Waals surface area contributed by atoms with Crippen LogP contribution in [0.5, 0.6) is 5.75 Å². The maximum absolute atomic E-state index is 10.9. The van der Waals surface area contributed by atoms with Crippen molar-refractivity contribution in [2.45, 2.75) is 56.9 Å². The van der Waals surface area contributed by atoms with E-state index in [4.69, 9.17) is 9.47 Å². The van der Waals surface area contributed by atoms with Crippen molar-refractivity contribution in [2.75, 3.05) is 13.3 Å². The molecule has 3 atom stereocenters. The number of esters is 1. The van der Waals surface area contributed by atoms with Crippen LogP contribution in [-0.2, 0) is 21.4 Å². The van der Waals surface area contributed by atoms with E-state index in [-0.39, 0.29) is 12.8 Å². The van der Waals surface area contributed by atoms with Gasteiger partial charge in [-0.2, -0.15) is 0 Å². The number of hydrogen-bond donors (Lipinski definition) is 1. The highest BCUT2D eigenvalue weighted by atomic mass is 16.7. The summed E-state index contributed by atoms with van der Waals surface area (Å²) < 4.78 is 10.5.